The molecule has 0 aliphatic rings. The molecule has 0 aromatic heterocycles. The lowest BCUT2D eigenvalue weighted by Crippen LogP contribution is -2.49. The standard InChI is InChI=1S/C26H32N2O3/c27-16-24(29-18-21-10-4-1-5-11-21)26(31-20-23-14-8-3-9-15-23)25(17-28)30-19-22-12-6-2-7-13-22/h1-15,24-26H,16-20,27-28H2/t24-,25+,26?. The summed E-state index contributed by atoms with van der Waals surface area (Å²) in [6.07, 6.45) is -1.11. The van der Waals surface area contributed by atoms with Gasteiger partial charge in [0.15, 0.2) is 0 Å². The Balaban J connectivity index is 1.70. The first-order chi connectivity index (χ1) is 15.3. The van der Waals surface area contributed by atoms with E-state index in [2.05, 4.69) is 0 Å². The third kappa shape index (κ3) is 7.58. The molecule has 0 aliphatic heterocycles. The summed E-state index contributed by atoms with van der Waals surface area (Å²) in [6, 6.07) is 30.1. The van der Waals surface area contributed by atoms with Crippen molar-refractivity contribution in [3.05, 3.63) is 108 Å². The van der Waals surface area contributed by atoms with Gasteiger partial charge in [0.05, 0.1) is 32.0 Å². The lowest BCUT2D eigenvalue weighted by molar-refractivity contribution is -0.145. The minimum absolute atomic E-state index is 0.303. The highest BCUT2D eigenvalue weighted by atomic mass is 16.6. The Morgan fingerprint density at radius 1 is 0.484 bits per heavy atom. The highest BCUT2D eigenvalue weighted by Gasteiger charge is 2.31. The molecule has 1 unspecified atom stereocenters. The predicted octanol–water partition coefficient (Wildman–Crippen LogP) is 3.66. The van der Waals surface area contributed by atoms with Gasteiger partial charge in [-0.25, -0.2) is 0 Å². The van der Waals surface area contributed by atoms with Crippen LogP contribution >= 0.6 is 0 Å². The summed E-state index contributed by atoms with van der Waals surface area (Å²) >= 11 is 0. The normalized spacial score (nSPS) is 14.1. The first-order valence-electron chi connectivity index (χ1n) is 10.7. The van der Waals surface area contributed by atoms with Crippen LogP contribution in [0.1, 0.15) is 16.7 Å². The fraction of sp³-hybridized carbons (Fsp3) is 0.308. The molecule has 0 saturated heterocycles. The fourth-order valence-corrected chi connectivity index (χ4v) is 3.37. The van der Waals surface area contributed by atoms with E-state index in [1.165, 1.54) is 0 Å². The Labute approximate surface area is 184 Å². The van der Waals surface area contributed by atoms with Crippen LogP contribution in [0.2, 0.25) is 0 Å². The van der Waals surface area contributed by atoms with Gasteiger partial charge in [0, 0.05) is 13.1 Å². The van der Waals surface area contributed by atoms with Crippen molar-refractivity contribution in [3.63, 3.8) is 0 Å². The van der Waals surface area contributed by atoms with E-state index in [0.29, 0.717) is 32.9 Å². The third-order valence-electron chi connectivity index (χ3n) is 5.10. The van der Waals surface area contributed by atoms with Crippen LogP contribution < -0.4 is 11.5 Å². The lowest BCUT2D eigenvalue weighted by Gasteiger charge is -2.32. The molecule has 0 heterocycles. The quantitative estimate of drug-likeness (QED) is 0.441. The molecule has 164 valence electrons. The second-order valence-electron chi connectivity index (χ2n) is 7.40. The zero-order valence-corrected chi connectivity index (χ0v) is 17.8. The van der Waals surface area contributed by atoms with Gasteiger partial charge in [-0.05, 0) is 16.7 Å². The van der Waals surface area contributed by atoms with Crippen LogP contribution in [0.3, 0.4) is 0 Å². The maximum absolute atomic E-state index is 6.30. The van der Waals surface area contributed by atoms with E-state index < -0.39 is 6.10 Å². The molecule has 4 N–H and O–H groups in total. The molecular weight excluding hydrogens is 388 g/mol. The van der Waals surface area contributed by atoms with E-state index in [4.69, 9.17) is 25.7 Å². The minimum Gasteiger partial charge on any atom is -0.369 e. The van der Waals surface area contributed by atoms with Crippen molar-refractivity contribution >= 4 is 0 Å². The Morgan fingerprint density at radius 2 is 0.806 bits per heavy atom. The number of ether oxygens (including phenoxy) is 3. The molecule has 0 amide bonds. The maximum Gasteiger partial charge on any atom is 0.113 e. The Kier molecular flexibility index (Phi) is 9.70. The summed E-state index contributed by atoms with van der Waals surface area (Å²) in [5, 5.41) is 0. The molecule has 3 aromatic rings. The molecule has 0 fully saturated rings. The van der Waals surface area contributed by atoms with Crippen molar-refractivity contribution in [3.8, 4) is 0 Å². The van der Waals surface area contributed by atoms with Gasteiger partial charge in [-0.15, -0.1) is 0 Å². The summed E-state index contributed by atoms with van der Waals surface area (Å²) in [6.45, 7) is 1.94. The van der Waals surface area contributed by atoms with E-state index in [1.807, 2.05) is 91.0 Å². The first-order valence-corrected chi connectivity index (χ1v) is 10.7. The summed E-state index contributed by atoms with van der Waals surface area (Å²) in [5.74, 6) is 0. The van der Waals surface area contributed by atoms with E-state index in [1.54, 1.807) is 0 Å². The second-order valence-corrected chi connectivity index (χ2v) is 7.40. The number of benzene rings is 3. The molecular formula is C26H32N2O3. The summed E-state index contributed by atoms with van der Waals surface area (Å²) in [5.41, 5.74) is 15.4. The van der Waals surface area contributed by atoms with Gasteiger partial charge in [0.1, 0.15) is 6.10 Å². The molecule has 3 aromatic carbocycles. The molecule has 0 aliphatic carbocycles. The van der Waals surface area contributed by atoms with Crippen molar-refractivity contribution in [2.24, 2.45) is 11.5 Å². The largest absolute Gasteiger partial charge is 0.369 e. The minimum atomic E-state index is -0.400. The van der Waals surface area contributed by atoms with Crippen molar-refractivity contribution in [2.75, 3.05) is 13.1 Å². The third-order valence-corrected chi connectivity index (χ3v) is 5.10. The van der Waals surface area contributed by atoms with Crippen LogP contribution in [0, 0.1) is 0 Å². The Bertz CT molecular complexity index is 795. The summed E-state index contributed by atoms with van der Waals surface area (Å²) < 4.78 is 18.7. The van der Waals surface area contributed by atoms with Crippen molar-refractivity contribution in [1.29, 1.82) is 0 Å². The van der Waals surface area contributed by atoms with Gasteiger partial charge < -0.3 is 25.7 Å². The first kappa shape index (κ1) is 23.1. The average molecular weight is 421 g/mol. The molecule has 3 atom stereocenters. The van der Waals surface area contributed by atoms with Crippen LogP contribution in [-0.4, -0.2) is 31.4 Å². The summed E-state index contributed by atoms with van der Waals surface area (Å²) in [4.78, 5) is 0. The summed E-state index contributed by atoms with van der Waals surface area (Å²) in [7, 11) is 0. The number of hydrogen-bond donors (Lipinski definition) is 2. The Morgan fingerprint density at radius 3 is 1.13 bits per heavy atom. The van der Waals surface area contributed by atoms with Gasteiger partial charge in [0.25, 0.3) is 0 Å². The topological polar surface area (TPSA) is 79.7 Å². The number of rotatable bonds is 13. The van der Waals surface area contributed by atoms with Gasteiger partial charge in [-0.3, -0.25) is 0 Å². The van der Waals surface area contributed by atoms with Crippen molar-refractivity contribution in [2.45, 2.75) is 38.1 Å². The molecule has 31 heavy (non-hydrogen) atoms. The monoisotopic (exact) mass is 420 g/mol. The van der Waals surface area contributed by atoms with Gasteiger partial charge in [-0.2, -0.15) is 0 Å². The molecule has 3 rings (SSSR count). The Hall–Kier alpha value is -2.54. The van der Waals surface area contributed by atoms with Gasteiger partial charge in [-0.1, -0.05) is 91.0 Å². The fourth-order valence-electron chi connectivity index (χ4n) is 3.37. The van der Waals surface area contributed by atoms with E-state index >= 15 is 0 Å². The molecule has 0 radical (unpaired) electrons. The van der Waals surface area contributed by atoms with E-state index in [0.717, 1.165) is 16.7 Å². The van der Waals surface area contributed by atoms with Crippen LogP contribution in [0.4, 0.5) is 0 Å². The van der Waals surface area contributed by atoms with Gasteiger partial charge in [0.2, 0.25) is 0 Å². The maximum atomic E-state index is 6.30. The van der Waals surface area contributed by atoms with Crippen molar-refractivity contribution in [1.82, 2.24) is 0 Å². The number of hydrogen-bond acceptors (Lipinski definition) is 5. The SMILES string of the molecule is NC[C@H](OCc1ccccc1)C(OCc1ccccc1)[C@@H](CN)OCc1ccccc1. The van der Waals surface area contributed by atoms with Crippen molar-refractivity contribution < 1.29 is 14.2 Å². The highest BCUT2D eigenvalue weighted by molar-refractivity contribution is 5.15. The zero-order chi connectivity index (χ0) is 21.7. The second kappa shape index (κ2) is 13.0. The zero-order valence-electron chi connectivity index (χ0n) is 17.8. The molecule has 0 spiro atoms. The lowest BCUT2D eigenvalue weighted by atomic mass is 10.1. The van der Waals surface area contributed by atoms with Gasteiger partial charge >= 0.3 is 0 Å². The van der Waals surface area contributed by atoms with Crippen LogP contribution in [0.15, 0.2) is 91.0 Å². The molecule has 5 nitrogen and oxygen atoms in total. The average Bonchev–Trinajstić information content (AvgIpc) is 2.84. The smallest absolute Gasteiger partial charge is 0.113 e. The highest BCUT2D eigenvalue weighted by Crippen LogP contribution is 2.17. The van der Waals surface area contributed by atoms with Crippen LogP contribution in [0.25, 0.3) is 0 Å². The molecule has 5 heteroatoms. The van der Waals surface area contributed by atoms with E-state index in [-0.39, 0.29) is 12.2 Å². The van der Waals surface area contributed by atoms with Crippen LogP contribution in [0.5, 0.6) is 0 Å². The number of nitrogens with two attached hydrogens (primary N) is 2. The molecule has 0 bridgehead atoms. The predicted molar refractivity (Wildman–Crippen MR) is 123 cm³/mol. The van der Waals surface area contributed by atoms with E-state index in [9.17, 15) is 0 Å². The molecule has 0 saturated carbocycles. The van der Waals surface area contributed by atoms with Crippen LogP contribution in [-0.2, 0) is 34.0 Å².